The number of nitrogens with two attached hydrogens (primary N) is 1. The van der Waals surface area contributed by atoms with Crippen LogP contribution in [-0.4, -0.2) is 40.2 Å². The van der Waals surface area contributed by atoms with Crippen molar-refractivity contribution in [3.05, 3.63) is 35.1 Å². The molecule has 0 aromatic heterocycles. The maximum absolute atomic E-state index is 13.6. The van der Waals surface area contributed by atoms with Crippen molar-refractivity contribution >= 4 is 24.2 Å². The van der Waals surface area contributed by atoms with E-state index in [1.165, 1.54) is 12.1 Å². The van der Waals surface area contributed by atoms with Crippen LogP contribution in [0.15, 0.2) is 18.2 Å². The van der Waals surface area contributed by atoms with Gasteiger partial charge in [0, 0.05) is 0 Å². The van der Waals surface area contributed by atoms with Gasteiger partial charge in [0.1, 0.15) is 11.9 Å². The van der Waals surface area contributed by atoms with Gasteiger partial charge in [-0.3, -0.25) is 19.3 Å². The average molecular weight is 310 g/mol. The number of imide groups is 1. The lowest BCUT2D eigenvalue weighted by Crippen LogP contribution is -2.44. The minimum atomic E-state index is -1.27. The Kier molecular flexibility index (Phi) is 5.73. The summed E-state index contributed by atoms with van der Waals surface area (Å²) in [6.07, 6.45) is 0.884. The summed E-state index contributed by atoms with van der Waals surface area (Å²) in [5, 5.41) is 9.11. The van der Waals surface area contributed by atoms with E-state index in [2.05, 4.69) is 5.73 Å². The fourth-order valence-corrected chi connectivity index (χ4v) is 2.18. The number of nitrogens with zero attached hydrogens (tertiary/aromatic N) is 1. The number of amides is 3. The second-order valence-corrected chi connectivity index (χ2v) is 4.42. The van der Waals surface area contributed by atoms with Crippen LogP contribution < -0.4 is 5.73 Å². The molecule has 1 aliphatic rings. The highest BCUT2D eigenvalue weighted by Gasteiger charge is 2.43. The van der Waals surface area contributed by atoms with E-state index in [4.69, 9.17) is 9.90 Å². The molecule has 3 amide bonds. The van der Waals surface area contributed by atoms with Gasteiger partial charge >= 0.3 is 5.97 Å². The molecule has 0 spiro atoms. The molecule has 2 rings (SSSR count). The molecule has 0 bridgehead atoms. The number of carboxylic acid groups (broad SMARTS) is 1. The molecule has 3 N–H and O–H groups in total. The van der Waals surface area contributed by atoms with Crippen LogP contribution in [0.2, 0.25) is 0 Å². The largest absolute Gasteiger partial charge is 0.480 e. The van der Waals surface area contributed by atoms with Crippen LogP contribution in [0.4, 0.5) is 4.39 Å². The zero-order valence-electron chi connectivity index (χ0n) is 11.8. The highest BCUT2D eigenvalue weighted by molar-refractivity contribution is 6.22. The second kappa shape index (κ2) is 7.30. The highest BCUT2D eigenvalue weighted by atomic mass is 19.1. The van der Waals surface area contributed by atoms with Crippen LogP contribution in [0, 0.1) is 5.82 Å². The SMILES string of the molecule is CCCC(C(=O)O)N1C(=O)c2cccc(F)c2C1=O.NC=O. The number of hydrogen-bond acceptors (Lipinski definition) is 4. The Bertz CT molecular complexity index is 617. The Morgan fingerprint density at radius 2 is 2.00 bits per heavy atom. The van der Waals surface area contributed by atoms with E-state index in [0.717, 1.165) is 6.07 Å². The zero-order valence-corrected chi connectivity index (χ0v) is 11.8. The van der Waals surface area contributed by atoms with Gasteiger partial charge < -0.3 is 10.8 Å². The second-order valence-electron chi connectivity index (χ2n) is 4.42. The van der Waals surface area contributed by atoms with Crippen molar-refractivity contribution in [3.8, 4) is 0 Å². The number of benzene rings is 1. The van der Waals surface area contributed by atoms with Crippen molar-refractivity contribution in [2.75, 3.05) is 0 Å². The molecule has 22 heavy (non-hydrogen) atoms. The van der Waals surface area contributed by atoms with Gasteiger partial charge in [-0.1, -0.05) is 19.4 Å². The average Bonchev–Trinajstić information content (AvgIpc) is 2.70. The molecule has 8 heteroatoms. The van der Waals surface area contributed by atoms with Gasteiger partial charge in [-0.15, -0.1) is 0 Å². The lowest BCUT2D eigenvalue weighted by molar-refractivity contribution is -0.141. The molecule has 0 fully saturated rings. The van der Waals surface area contributed by atoms with Gasteiger partial charge in [0.15, 0.2) is 0 Å². The molecule has 1 aromatic carbocycles. The van der Waals surface area contributed by atoms with Gasteiger partial charge in [-0.05, 0) is 18.6 Å². The minimum absolute atomic E-state index is 0.0765. The summed E-state index contributed by atoms with van der Waals surface area (Å²) in [6.45, 7) is 1.74. The number of rotatable bonds is 4. The van der Waals surface area contributed by atoms with Crippen molar-refractivity contribution in [1.82, 2.24) is 4.90 Å². The molecule has 0 saturated heterocycles. The fourth-order valence-electron chi connectivity index (χ4n) is 2.18. The first-order valence-corrected chi connectivity index (χ1v) is 6.45. The van der Waals surface area contributed by atoms with Crippen molar-refractivity contribution in [3.63, 3.8) is 0 Å². The molecular formula is C14H15FN2O5. The van der Waals surface area contributed by atoms with Gasteiger partial charge in [-0.2, -0.15) is 0 Å². The van der Waals surface area contributed by atoms with E-state index in [9.17, 15) is 18.8 Å². The Hall–Kier alpha value is -2.77. The number of carboxylic acids is 1. The lowest BCUT2D eigenvalue weighted by atomic mass is 10.1. The van der Waals surface area contributed by atoms with E-state index < -0.39 is 29.6 Å². The van der Waals surface area contributed by atoms with Crippen LogP contribution in [0.5, 0.6) is 0 Å². The van der Waals surface area contributed by atoms with Crippen LogP contribution in [0.1, 0.15) is 40.5 Å². The van der Waals surface area contributed by atoms with E-state index >= 15 is 0 Å². The molecular weight excluding hydrogens is 295 g/mol. The van der Waals surface area contributed by atoms with E-state index in [0.29, 0.717) is 11.3 Å². The Labute approximate surface area is 125 Å². The maximum Gasteiger partial charge on any atom is 0.326 e. The van der Waals surface area contributed by atoms with Gasteiger partial charge in [0.2, 0.25) is 6.41 Å². The Balaban J connectivity index is 0.000000745. The number of primary amides is 1. The van der Waals surface area contributed by atoms with Crippen molar-refractivity contribution in [1.29, 1.82) is 0 Å². The Morgan fingerprint density at radius 3 is 2.45 bits per heavy atom. The third-order valence-corrected chi connectivity index (χ3v) is 3.05. The van der Waals surface area contributed by atoms with Gasteiger partial charge in [0.25, 0.3) is 11.8 Å². The number of carbonyl (C=O) groups is 4. The molecule has 1 heterocycles. The van der Waals surface area contributed by atoms with E-state index in [-0.39, 0.29) is 24.0 Å². The van der Waals surface area contributed by atoms with Crippen LogP contribution in [0.25, 0.3) is 0 Å². The first-order valence-electron chi connectivity index (χ1n) is 6.45. The quantitative estimate of drug-likeness (QED) is 0.629. The first kappa shape index (κ1) is 17.3. The molecule has 1 aromatic rings. The van der Waals surface area contributed by atoms with Crippen molar-refractivity contribution in [2.24, 2.45) is 5.73 Å². The first-order chi connectivity index (χ1) is 10.4. The summed E-state index contributed by atoms with van der Waals surface area (Å²) in [6, 6.07) is 2.46. The smallest absolute Gasteiger partial charge is 0.326 e. The molecule has 1 aliphatic heterocycles. The third kappa shape index (κ3) is 3.11. The summed E-state index contributed by atoms with van der Waals surface area (Å²) in [7, 11) is 0. The summed E-state index contributed by atoms with van der Waals surface area (Å²) >= 11 is 0. The number of hydrogen-bond donors (Lipinski definition) is 2. The number of aliphatic carboxylic acids is 1. The normalized spacial score (nSPS) is 14.0. The van der Waals surface area contributed by atoms with Gasteiger partial charge in [-0.25, -0.2) is 9.18 Å². The predicted molar refractivity (Wildman–Crippen MR) is 73.5 cm³/mol. The zero-order chi connectivity index (χ0) is 16.9. The molecule has 118 valence electrons. The van der Waals surface area contributed by atoms with E-state index in [1.807, 2.05) is 0 Å². The molecule has 0 aliphatic carbocycles. The molecule has 1 atom stereocenters. The van der Waals surface area contributed by atoms with E-state index in [1.54, 1.807) is 6.92 Å². The van der Waals surface area contributed by atoms with Gasteiger partial charge in [0.05, 0.1) is 11.1 Å². The summed E-state index contributed by atoms with van der Waals surface area (Å²) in [5.41, 5.74) is 3.75. The van der Waals surface area contributed by atoms with Crippen LogP contribution in [-0.2, 0) is 9.59 Å². The maximum atomic E-state index is 13.6. The Morgan fingerprint density at radius 1 is 1.41 bits per heavy atom. The molecule has 0 saturated carbocycles. The van der Waals surface area contributed by atoms with Crippen LogP contribution >= 0.6 is 0 Å². The molecule has 0 radical (unpaired) electrons. The standard InChI is InChI=1S/C13H12FNO4.CH3NO/c1-2-4-9(13(18)19)15-11(16)7-5-3-6-8(14)10(7)12(15)17;2-1-3/h3,5-6,9H,2,4H2,1H3,(H,18,19);1H,(H2,2,3). The third-order valence-electron chi connectivity index (χ3n) is 3.05. The van der Waals surface area contributed by atoms with Crippen molar-refractivity contribution < 1.29 is 28.7 Å². The molecule has 1 unspecified atom stereocenters. The number of carbonyl (C=O) groups excluding carboxylic acids is 3. The van der Waals surface area contributed by atoms with Crippen LogP contribution in [0.3, 0.4) is 0 Å². The summed E-state index contributed by atoms with van der Waals surface area (Å²) < 4.78 is 13.6. The lowest BCUT2D eigenvalue weighted by Gasteiger charge is -2.21. The van der Waals surface area contributed by atoms with Crippen molar-refractivity contribution in [2.45, 2.75) is 25.8 Å². The fraction of sp³-hybridized carbons (Fsp3) is 0.286. The summed E-state index contributed by atoms with van der Waals surface area (Å²) in [4.78, 5) is 44.5. The summed E-state index contributed by atoms with van der Waals surface area (Å²) in [5.74, 6) is -3.70. The highest BCUT2D eigenvalue weighted by Crippen LogP contribution is 2.28. The number of fused-ring (bicyclic) bond motifs is 1. The topological polar surface area (TPSA) is 118 Å². The minimum Gasteiger partial charge on any atom is -0.480 e. The number of halogens is 1. The molecule has 7 nitrogen and oxygen atoms in total. The predicted octanol–water partition coefficient (Wildman–Crippen LogP) is 0.777. The monoisotopic (exact) mass is 310 g/mol.